The van der Waals surface area contributed by atoms with Crippen LogP contribution in [0, 0.1) is 19.8 Å². The van der Waals surface area contributed by atoms with Crippen LogP contribution in [0.3, 0.4) is 0 Å². The van der Waals surface area contributed by atoms with E-state index in [1.165, 1.54) is 18.5 Å². The van der Waals surface area contributed by atoms with Crippen LogP contribution in [0.25, 0.3) is 0 Å². The number of guanidine groups is 1. The molecule has 0 radical (unpaired) electrons. The number of hydrogen-bond donors (Lipinski definition) is 2. The minimum Gasteiger partial charge on any atom is -0.466 e. The minimum absolute atomic E-state index is 0.495. The zero-order valence-electron chi connectivity index (χ0n) is 15.8. The average Bonchev–Trinajstić information content (AvgIpc) is 3.22. The fraction of sp³-hybridized carbons (Fsp3) is 0.737. The number of likely N-dealkylation sites (tertiary alicyclic amines) is 1. The second kappa shape index (κ2) is 8.72. The van der Waals surface area contributed by atoms with Crippen molar-refractivity contribution in [3.8, 4) is 0 Å². The van der Waals surface area contributed by atoms with Gasteiger partial charge in [-0.25, -0.2) is 0 Å². The highest BCUT2D eigenvalue weighted by molar-refractivity contribution is 5.80. The van der Waals surface area contributed by atoms with E-state index in [2.05, 4.69) is 26.6 Å². The second-order valence-electron chi connectivity index (χ2n) is 7.31. The first kappa shape index (κ1) is 18.3. The molecule has 6 heteroatoms. The Balaban J connectivity index is 1.39. The average molecular weight is 348 g/mol. The molecule has 2 fully saturated rings. The molecule has 0 amide bonds. The molecule has 140 valence electrons. The molecule has 1 unspecified atom stereocenters. The molecule has 0 bridgehead atoms. The lowest BCUT2D eigenvalue weighted by molar-refractivity contribution is 0.150. The van der Waals surface area contributed by atoms with Crippen molar-refractivity contribution in [2.75, 3.05) is 39.9 Å². The largest absolute Gasteiger partial charge is 0.466 e. The predicted octanol–water partition coefficient (Wildman–Crippen LogP) is 2.06. The molecule has 2 aliphatic heterocycles. The predicted molar refractivity (Wildman–Crippen MR) is 99.9 cm³/mol. The fourth-order valence-electron chi connectivity index (χ4n) is 3.78. The van der Waals surface area contributed by atoms with Gasteiger partial charge in [-0.3, -0.25) is 4.99 Å². The van der Waals surface area contributed by atoms with Crippen molar-refractivity contribution >= 4 is 5.96 Å². The van der Waals surface area contributed by atoms with Gasteiger partial charge in [0.1, 0.15) is 11.5 Å². The molecule has 1 atom stereocenters. The first-order valence-electron chi connectivity index (χ1n) is 9.47. The van der Waals surface area contributed by atoms with Crippen LogP contribution in [0.5, 0.6) is 0 Å². The van der Waals surface area contributed by atoms with Crippen LogP contribution in [-0.4, -0.2) is 56.8 Å². The van der Waals surface area contributed by atoms with Gasteiger partial charge < -0.3 is 24.7 Å². The molecule has 0 saturated carbocycles. The Morgan fingerprint density at radius 2 is 2.08 bits per heavy atom. The highest BCUT2D eigenvalue weighted by atomic mass is 16.5. The van der Waals surface area contributed by atoms with E-state index in [1.54, 1.807) is 0 Å². The van der Waals surface area contributed by atoms with Gasteiger partial charge >= 0.3 is 0 Å². The third-order valence-electron chi connectivity index (χ3n) is 5.28. The van der Waals surface area contributed by atoms with E-state index in [4.69, 9.17) is 9.15 Å². The van der Waals surface area contributed by atoms with Gasteiger partial charge in [-0.05, 0) is 45.1 Å². The Morgan fingerprint density at radius 3 is 2.68 bits per heavy atom. The summed E-state index contributed by atoms with van der Waals surface area (Å²) in [5, 5.41) is 6.98. The molecular formula is C19H32N4O2. The van der Waals surface area contributed by atoms with Crippen molar-refractivity contribution in [2.45, 2.75) is 45.7 Å². The summed E-state index contributed by atoms with van der Waals surface area (Å²) in [5.41, 5.74) is 1.19. The smallest absolute Gasteiger partial charge is 0.191 e. The molecule has 1 aromatic heterocycles. The van der Waals surface area contributed by atoms with Crippen LogP contribution in [0.1, 0.15) is 36.3 Å². The Hall–Kier alpha value is -1.53. The van der Waals surface area contributed by atoms with Crippen molar-refractivity contribution < 1.29 is 9.15 Å². The van der Waals surface area contributed by atoms with E-state index < -0.39 is 0 Å². The maximum absolute atomic E-state index is 5.58. The number of rotatable bonds is 5. The monoisotopic (exact) mass is 348 g/mol. The number of aliphatic imine (C=N–C) groups is 1. The number of ether oxygens (including phenoxy) is 1. The van der Waals surface area contributed by atoms with E-state index in [0.29, 0.717) is 6.04 Å². The number of hydrogen-bond acceptors (Lipinski definition) is 4. The SMILES string of the molecule is CN=C(NCc1cc(C)oc1C)NC1CCN(CC2CCOC2)CC1. The third kappa shape index (κ3) is 5.22. The molecule has 3 heterocycles. The molecule has 1 aromatic rings. The number of aryl methyl sites for hydroxylation is 2. The summed E-state index contributed by atoms with van der Waals surface area (Å²) in [6, 6.07) is 2.58. The van der Waals surface area contributed by atoms with Gasteiger partial charge in [-0.1, -0.05) is 0 Å². The van der Waals surface area contributed by atoms with Crippen LogP contribution in [0.15, 0.2) is 15.5 Å². The Labute approximate surface area is 151 Å². The molecule has 0 aromatic carbocycles. The molecule has 0 aliphatic carbocycles. The topological polar surface area (TPSA) is 62.0 Å². The number of piperidine rings is 1. The Morgan fingerprint density at radius 1 is 1.28 bits per heavy atom. The lowest BCUT2D eigenvalue weighted by Gasteiger charge is -2.34. The third-order valence-corrected chi connectivity index (χ3v) is 5.28. The maximum atomic E-state index is 5.58. The highest BCUT2D eigenvalue weighted by Gasteiger charge is 2.24. The molecule has 25 heavy (non-hydrogen) atoms. The highest BCUT2D eigenvalue weighted by Crippen LogP contribution is 2.18. The van der Waals surface area contributed by atoms with Crippen LogP contribution < -0.4 is 10.6 Å². The van der Waals surface area contributed by atoms with Gasteiger partial charge in [0, 0.05) is 51.4 Å². The summed E-state index contributed by atoms with van der Waals surface area (Å²) in [7, 11) is 1.83. The van der Waals surface area contributed by atoms with Crippen LogP contribution >= 0.6 is 0 Å². The molecule has 0 spiro atoms. The van der Waals surface area contributed by atoms with Gasteiger partial charge in [0.2, 0.25) is 0 Å². The van der Waals surface area contributed by atoms with E-state index in [0.717, 1.165) is 69.1 Å². The molecule has 2 N–H and O–H groups in total. The van der Waals surface area contributed by atoms with E-state index in [-0.39, 0.29) is 0 Å². The summed E-state index contributed by atoms with van der Waals surface area (Å²) in [6.45, 7) is 10.1. The van der Waals surface area contributed by atoms with Gasteiger partial charge in [-0.2, -0.15) is 0 Å². The van der Waals surface area contributed by atoms with Crippen molar-refractivity contribution in [1.29, 1.82) is 0 Å². The van der Waals surface area contributed by atoms with Crippen LogP contribution in [0.4, 0.5) is 0 Å². The summed E-state index contributed by atoms with van der Waals surface area (Å²) in [4.78, 5) is 6.96. The number of nitrogens with zero attached hydrogens (tertiary/aromatic N) is 2. The number of furan rings is 1. The summed E-state index contributed by atoms with van der Waals surface area (Å²) in [6.07, 6.45) is 3.55. The Kier molecular flexibility index (Phi) is 6.37. The lowest BCUT2D eigenvalue weighted by Crippen LogP contribution is -2.49. The maximum Gasteiger partial charge on any atom is 0.191 e. The van der Waals surface area contributed by atoms with Crippen molar-refractivity contribution in [3.63, 3.8) is 0 Å². The first-order valence-corrected chi connectivity index (χ1v) is 9.47. The van der Waals surface area contributed by atoms with Crippen molar-refractivity contribution in [3.05, 3.63) is 23.2 Å². The first-order chi connectivity index (χ1) is 12.1. The standard InChI is InChI=1S/C19H32N4O2/c1-14-10-17(15(2)25-14)11-21-19(20-3)22-18-4-7-23(8-5-18)12-16-6-9-24-13-16/h10,16,18H,4-9,11-13H2,1-3H3,(H2,20,21,22). The Bertz CT molecular complexity index is 570. The second-order valence-corrected chi connectivity index (χ2v) is 7.31. The molecule has 6 nitrogen and oxygen atoms in total. The normalized spacial score (nSPS) is 23.2. The molecule has 2 saturated heterocycles. The van der Waals surface area contributed by atoms with Gasteiger partial charge in [0.05, 0.1) is 6.61 Å². The van der Waals surface area contributed by atoms with Gasteiger partial charge in [0.15, 0.2) is 5.96 Å². The van der Waals surface area contributed by atoms with Crippen molar-refractivity contribution in [1.82, 2.24) is 15.5 Å². The zero-order valence-corrected chi connectivity index (χ0v) is 15.8. The molecule has 3 rings (SSSR count). The zero-order chi connectivity index (χ0) is 17.6. The van der Waals surface area contributed by atoms with Gasteiger partial charge in [0.25, 0.3) is 0 Å². The molecule has 2 aliphatic rings. The summed E-state index contributed by atoms with van der Waals surface area (Å²) < 4.78 is 11.1. The lowest BCUT2D eigenvalue weighted by atomic mass is 10.0. The summed E-state index contributed by atoms with van der Waals surface area (Å²) >= 11 is 0. The summed E-state index contributed by atoms with van der Waals surface area (Å²) in [5.74, 6) is 3.54. The quantitative estimate of drug-likeness (QED) is 0.630. The van der Waals surface area contributed by atoms with Crippen LogP contribution in [0.2, 0.25) is 0 Å². The number of nitrogens with one attached hydrogen (secondary N) is 2. The van der Waals surface area contributed by atoms with E-state index >= 15 is 0 Å². The molecular weight excluding hydrogens is 316 g/mol. The van der Waals surface area contributed by atoms with E-state index in [1.807, 2.05) is 20.9 Å². The van der Waals surface area contributed by atoms with Crippen molar-refractivity contribution in [2.24, 2.45) is 10.9 Å². The fourth-order valence-corrected chi connectivity index (χ4v) is 3.78. The minimum atomic E-state index is 0.495. The van der Waals surface area contributed by atoms with Crippen LogP contribution in [-0.2, 0) is 11.3 Å². The van der Waals surface area contributed by atoms with Gasteiger partial charge in [-0.15, -0.1) is 0 Å². The van der Waals surface area contributed by atoms with E-state index in [9.17, 15) is 0 Å².